The number of carbonyl (C=O) groups is 1. The van der Waals surface area contributed by atoms with Gasteiger partial charge in [-0.1, -0.05) is 0 Å². The van der Waals surface area contributed by atoms with E-state index in [9.17, 15) is 9.18 Å². The number of aryl methyl sites for hydroxylation is 1. The van der Waals surface area contributed by atoms with Crippen LogP contribution in [0.25, 0.3) is 11.3 Å². The number of hydrogen-bond donors (Lipinski definition) is 0. The van der Waals surface area contributed by atoms with Crippen molar-refractivity contribution in [2.75, 3.05) is 7.11 Å². The maximum Gasteiger partial charge on any atom is 0.193 e. The van der Waals surface area contributed by atoms with E-state index >= 15 is 0 Å². The van der Waals surface area contributed by atoms with Gasteiger partial charge in [-0.05, 0) is 31.2 Å². The third-order valence-electron chi connectivity index (χ3n) is 2.41. The highest BCUT2D eigenvalue weighted by atomic mass is 19.1. The second-order valence-electron chi connectivity index (χ2n) is 3.72. The summed E-state index contributed by atoms with van der Waals surface area (Å²) in [6, 6.07) is 5.80. The number of ether oxygens (including phenoxy) is 1. The van der Waals surface area contributed by atoms with Gasteiger partial charge in [0.05, 0.1) is 12.8 Å². The van der Waals surface area contributed by atoms with E-state index in [0.29, 0.717) is 29.0 Å². The Morgan fingerprint density at radius 2 is 2.06 bits per heavy atom. The van der Waals surface area contributed by atoms with Gasteiger partial charge in [0.15, 0.2) is 12.1 Å². The van der Waals surface area contributed by atoms with Crippen LogP contribution >= 0.6 is 0 Å². The summed E-state index contributed by atoms with van der Waals surface area (Å²) >= 11 is 0. The van der Waals surface area contributed by atoms with E-state index in [4.69, 9.17) is 4.74 Å². The maximum atomic E-state index is 13.3. The van der Waals surface area contributed by atoms with E-state index in [-0.39, 0.29) is 5.82 Å². The number of aromatic nitrogens is 2. The first-order valence-corrected chi connectivity index (χ1v) is 5.29. The molecule has 1 aromatic carbocycles. The summed E-state index contributed by atoms with van der Waals surface area (Å²) in [6.45, 7) is 1.74. The van der Waals surface area contributed by atoms with Gasteiger partial charge < -0.3 is 4.74 Å². The molecule has 4 nitrogen and oxygen atoms in total. The lowest BCUT2D eigenvalue weighted by Gasteiger charge is -2.08. The second-order valence-corrected chi connectivity index (χ2v) is 3.72. The zero-order chi connectivity index (χ0) is 13.1. The van der Waals surface area contributed by atoms with E-state index in [0.717, 1.165) is 0 Å². The first-order valence-electron chi connectivity index (χ1n) is 5.29. The van der Waals surface area contributed by atoms with E-state index in [1.807, 2.05) is 0 Å². The molecule has 0 amide bonds. The lowest BCUT2D eigenvalue weighted by Crippen LogP contribution is -1.99. The molecule has 0 saturated heterocycles. The number of methoxy groups -OCH3 is 1. The topological polar surface area (TPSA) is 52.1 Å². The van der Waals surface area contributed by atoms with Crippen LogP contribution in [0.3, 0.4) is 0 Å². The fourth-order valence-electron chi connectivity index (χ4n) is 1.66. The first kappa shape index (κ1) is 12.2. The predicted molar refractivity (Wildman–Crippen MR) is 64.1 cm³/mol. The molecule has 0 aliphatic heterocycles. The Balaban J connectivity index is 2.63. The third kappa shape index (κ3) is 2.34. The molecule has 0 saturated carbocycles. The van der Waals surface area contributed by atoms with E-state index in [2.05, 4.69) is 9.97 Å². The quantitative estimate of drug-likeness (QED) is 0.780. The second kappa shape index (κ2) is 4.91. The van der Waals surface area contributed by atoms with Crippen molar-refractivity contribution in [2.24, 2.45) is 0 Å². The number of carbonyl (C=O) groups excluding carboxylic acids is 1. The van der Waals surface area contributed by atoms with Crippen LogP contribution in [0.1, 0.15) is 16.3 Å². The molecule has 0 aliphatic carbocycles. The molecule has 0 N–H and O–H groups in total. The molecule has 2 rings (SSSR count). The predicted octanol–water partition coefficient (Wildman–Crippen LogP) is 2.41. The highest BCUT2D eigenvalue weighted by Gasteiger charge is 2.10. The normalized spacial score (nSPS) is 10.2. The van der Waals surface area contributed by atoms with Gasteiger partial charge in [0.25, 0.3) is 0 Å². The smallest absolute Gasteiger partial charge is 0.193 e. The minimum absolute atomic E-state index is 0.0660. The molecule has 5 heteroatoms. The van der Waals surface area contributed by atoms with Gasteiger partial charge in [0, 0.05) is 11.3 Å². The van der Waals surface area contributed by atoms with Gasteiger partial charge in [-0.25, -0.2) is 14.4 Å². The van der Waals surface area contributed by atoms with Crippen molar-refractivity contribution in [3.05, 3.63) is 41.6 Å². The van der Waals surface area contributed by atoms with Gasteiger partial charge >= 0.3 is 0 Å². The maximum absolute atomic E-state index is 13.3. The zero-order valence-electron chi connectivity index (χ0n) is 9.98. The molecular formula is C13H11FN2O2. The van der Waals surface area contributed by atoms with Crippen LogP contribution in [0.5, 0.6) is 5.75 Å². The summed E-state index contributed by atoms with van der Waals surface area (Å²) in [4.78, 5) is 18.7. The Morgan fingerprint density at radius 3 is 2.72 bits per heavy atom. The van der Waals surface area contributed by atoms with Crippen molar-refractivity contribution < 1.29 is 13.9 Å². The van der Waals surface area contributed by atoms with Crippen LogP contribution in [0.2, 0.25) is 0 Å². The van der Waals surface area contributed by atoms with Gasteiger partial charge in [-0.2, -0.15) is 0 Å². The molecule has 1 aromatic heterocycles. The lowest BCUT2D eigenvalue weighted by molar-refractivity contribution is 0.111. The van der Waals surface area contributed by atoms with Crippen molar-refractivity contribution in [1.82, 2.24) is 9.97 Å². The summed E-state index contributed by atoms with van der Waals surface area (Å²) in [7, 11) is 1.49. The van der Waals surface area contributed by atoms with E-state index < -0.39 is 5.82 Å². The molecule has 0 bridgehead atoms. The SMILES string of the molecule is COc1ccc(F)cc1-c1cc(C)nc(C=O)n1. The van der Waals surface area contributed by atoms with Crippen LogP contribution in [-0.2, 0) is 0 Å². The molecule has 92 valence electrons. The number of benzene rings is 1. The summed E-state index contributed by atoms with van der Waals surface area (Å²) in [5, 5.41) is 0. The molecule has 1 heterocycles. The molecule has 2 aromatic rings. The van der Waals surface area contributed by atoms with Crippen LogP contribution in [0, 0.1) is 12.7 Å². The number of halogens is 1. The van der Waals surface area contributed by atoms with E-state index in [1.165, 1.54) is 25.3 Å². The summed E-state index contributed by atoms with van der Waals surface area (Å²) in [5.41, 5.74) is 1.58. The molecule has 0 radical (unpaired) electrons. The highest BCUT2D eigenvalue weighted by Crippen LogP contribution is 2.29. The fraction of sp³-hybridized carbons (Fsp3) is 0.154. The summed E-state index contributed by atoms with van der Waals surface area (Å²) < 4.78 is 18.4. The average Bonchev–Trinajstić information content (AvgIpc) is 2.38. The standard InChI is InChI=1S/C13H11FN2O2/c1-8-5-11(16-13(7-17)15-8)10-6-9(14)3-4-12(10)18-2/h3-7H,1-2H3. The van der Waals surface area contributed by atoms with Gasteiger partial charge in [0.2, 0.25) is 0 Å². The number of rotatable bonds is 3. The van der Waals surface area contributed by atoms with Gasteiger partial charge in [-0.3, -0.25) is 4.79 Å². The van der Waals surface area contributed by atoms with Gasteiger partial charge in [0.1, 0.15) is 11.6 Å². The van der Waals surface area contributed by atoms with Crippen LogP contribution < -0.4 is 4.74 Å². The number of aldehydes is 1. The Labute approximate surface area is 103 Å². The minimum atomic E-state index is -0.394. The molecule has 0 spiro atoms. The monoisotopic (exact) mass is 246 g/mol. The van der Waals surface area contributed by atoms with Crippen LogP contribution in [0.15, 0.2) is 24.3 Å². The first-order chi connectivity index (χ1) is 8.63. The molecule has 0 aliphatic rings. The van der Waals surface area contributed by atoms with Gasteiger partial charge in [-0.15, -0.1) is 0 Å². The molecule has 0 unspecified atom stereocenters. The van der Waals surface area contributed by atoms with Crippen LogP contribution in [-0.4, -0.2) is 23.4 Å². The summed E-state index contributed by atoms with van der Waals surface area (Å²) in [5.74, 6) is 0.164. The molecule has 0 fully saturated rings. The Hall–Kier alpha value is -2.30. The molecular weight excluding hydrogens is 235 g/mol. The highest BCUT2D eigenvalue weighted by molar-refractivity contribution is 5.73. The number of hydrogen-bond acceptors (Lipinski definition) is 4. The lowest BCUT2D eigenvalue weighted by atomic mass is 10.1. The number of nitrogens with zero attached hydrogens (tertiary/aromatic N) is 2. The molecule has 0 atom stereocenters. The van der Waals surface area contributed by atoms with Crippen LogP contribution in [0.4, 0.5) is 4.39 Å². The average molecular weight is 246 g/mol. The van der Waals surface area contributed by atoms with Crippen molar-refractivity contribution in [3.8, 4) is 17.0 Å². The zero-order valence-corrected chi connectivity index (χ0v) is 9.98. The Kier molecular flexibility index (Phi) is 3.32. The van der Waals surface area contributed by atoms with Crippen molar-refractivity contribution in [2.45, 2.75) is 6.92 Å². The minimum Gasteiger partial charge on any atom is -0.496 e. The Morgan fingerprint density at radius 1 is 1.28 bits per heavy atom. The largest absolute Gasteiger partial charge is 0.496 e. The van der Waals surface area contributed by atoms with Crippen molar-refractivity contribution in [1.29, 1.82) is 0 Å². The van der Waals surface area contributed by atoms with E-state index in [1.54, 1.807) is 13.0 Å². The summed E-state index contributed by atoms with van der Waals surface area (Å²) in [6.07, 6.45) is 0.558. The van der Waals surface area contributed by atoms with Crippen molar-refractivity contribution in [3.63, 3.8) is 0 Å². The third-order valence-corrected chi connectivity index (χ3v) is 2.41. The molecule has 18 heavy (non-hydrogen) atoms. The Bertz CT molecular complexity index is 600. The van der Waals surface area contributed by atoms with Crippen molar-refractivity contribution >= 4 is 6.29 Å². The fourth-order valence-corrected chi connectivity index (χ4v) is 1.66.